The van der Waals surface area contributed by atoms with Crippen LogP contribution in [0.3, 0.4) is 0 Å². The largest absolute Gasteiger partial charge is 0.296 e. The van der Waals surface area contributed by atoms with Gasteiger partial charge in [-0.25, -0.2) is 19.3 Å². The SMILES string of the molecule is Cc1cnc(NC(=O)c2ccnc(C3CCCN3Cc3ccc(F)cn3)n2)s1. The van der Waals surface area contributed by atoms with E-state index >= 15 is 0 Å². The number of carbonyl (C=O) groups is 1. The maximum atomic E-state index is 13.1. The Balaban J connectivity index is 1.49. The second-order valence-electron chi connectivity index (χ2n) is 6.63. The summed E-state index contributed by atoms with van der Waals surface area (Å²) in [5.41, 5.74) is 1.10. The van der Waals surface area contributed by atoms with Crippen molar-refractivity contribution in [3.63, 3.8) is 0 Å². The van der Waals surface area contributed by atoms with Crippen LogP contribution in [0.4, 0.5) is 9.52 Å². The molecule has 0 saturated carbocycles. The maximum absolute atomic E-state index is 13.1. The lowest BCUT2D eigenvalue weighted by Crippen LogP contribution is -2.25. The molecule has 1 aliphatic rings. The van der Waals surface area contributed by atoms with E-state index in [2.05, 4.69) is 30.2 Å². The van der Waals surface area contributed by atoms with Gasteiger partial charge in [-0.2, -0.15) is 0 Å². The van der Waals surface area contributed by atoms with Crippen molar-refractivity contribution in [2.75, 3.05) is 11.9 Å². The van der Waals surface area contributed by atoms with Crippen molar-refractivity contribution in [3.05, 3.63) is 64.7 Å². The summed E-state index contributed by atoms with van der Waals surface area (Å²) in [7, 11) is 0. The second kappa shape index (κ2) is 8.07. The number of nitrogens with one attached hydrogen (secondary N) is 1. The number of pyridine rings is 1. The molecule has 0 aromatic carbocycles. The predicted molar refractivity (Wildman–Crippen MR) is 103 cm³/mol. The van der Waals surface area contributed by atoms with Crippen LogP contribution >= 0.6 is 11.3 Å². The van der Waals surface area contributed by atoms with Crippen molar-refractivity contribution < 1.29 is 9.18 Å². The van der Waals surface area contributed by atoms with E-state index in [4.69, 9.17) is 0 Å². The molecule has 1 amide bonds. The Kier molecular flexibility index (Phi) is 5.36. The van der Waals surface area contributed by atoms with Crippen LogP contribution in [-0.2, 0) is 6.54 Å². The molecule has 4 rings (SSSR count). The van der Waals surface area contributed by atoms with Gasteiger partial charge in [-0.1, -0.05) is 0 Å². The van der Waals surface area contributed by atoms with Crippen LogP contribution < -0.4 is 5.32 Å². The zero-order chi connectivity index (χ0) is 19.5. The van der Waals surface area contributed by atoms with Gasteiger partial charge in [0, 0.05) is 23.8 Å². The van der Waals surface area contributed by atoms with Gasteiger partial charge in [0.2, 0.25) is 0 Å². The molecule has 0 radical (unpaired) electrons. The van der Waals surface area contributed by atoms with E-state index < -0.39 is 0 Å². The fourth-order valence-corrected chi connectivity index (χ4v) is 3.91. The van der Waals surface area contributed by atoms with Crippen LogP contribution in [0, 0.1) is 12.7 Å². The molecular weight excluding hydrogens is 379 g/mol. The maximum Gasteiger partial charge on any atom is 0.276 e. The zero-order valence-electron chi connectivity index (χ0n) is 15.3. The van der Waals surface area contributed by atoms with Gasteiger partial charge in [0.15, 0.2) is 5.13 Å². The molecule has 9 heteroatoms. The lowest BCUT2D eigenvalue weighted by atomic mass is 10.2. The minimum atomic E-state index is -0.348. The molecule has 1 saturated heterocycles. The number of amides is 1. The van der Waals surface area contributed by atoms with Crippen molar-refractivity contribution in [2.24, 2.45) is 0 Å². The molecular formula is C19H19FN6OS. The van der Waals surface area contributed by atoms with E-state index in [0.29, 0.717) is 23.2 Å². The summed E-state index contributed by atoms with van der Waals surface area (Å²) in [5.74, 6) is -0.0375. The average Bonchev–Trinajstić information content (AvgIpc) is 3.32. The van der Waals surface area contributed by atoms with E-state index in [0.717, 1.165) is 30.0 Å². The highest BCUT2D eigenvalue weighted by molar-refractivity contribution is 7.15. The fourth-order valence-electron chi connectivity index (χ4n) is 3.25. The third-order valence-corrected chi connectivity index (χ3v) is 5.39. The molecule has 1 fully saturated rings. The molecule has 4 heterocycles. The molecule has 0 bridgehead atoms. The Morgan fingerprint density at radius 1 is 1.29 bits per heavy atom. The van der Waals surface area contributed by atoms with Crippen LogP contribution in [0.25, 0.3) is 0 Å². The van der Waals surface area contributed by atoms with Gasteiger partial charge in [0.05, 0.1) is 17.9 Å². The Hall–Kier alpha value is -2.78. The lowest BCUT2D eigenvalue weighted by Gasteiger charge is -2.23. The number of likely N-dealkylation sites (tertiary alicyclic amines) is 1. The first kappa shape index (κ1) is 18.6. The first-order valence-corrected chi connectivity index (χ1v) is 9.81. The quantitative estimate of drug-likeness (QED) is 0.709. The minimum Gasteiger partial charge on any atom is -0.296 e. The number of carbonyl (C=O) groups excluding carboxylic acids is 1. The van der Waals surface area contributed by atoms with Gasteiger partial charge in [0.25, 0.3) is 5.91 Å². The monoisotopic (exact) mass is 398 g/mol. The van der Waals surface area contributed by atoms with Gasteiger partial charge in [-0.15, -0.1) is 11.3 Å². The van der Waals surface area contributed by atoms with Gasteiger partial charge in [-0.05, 0) is 44.5 Å². The van der Waals surface area contributed by atoms with Crippen molar-refractivity contribution in [3.8, 4) is 0 Å². The van der Waals surface area contributed by atoms with Crippen LogP contribution in [0.1, 0.15) is 45.8 Å². The summed E-state index contributed by atoms with van der Waals surface area (Å²) in [5, 5.41) is 3.32. The topological polar surface area (TPSA) is 83.9 Å². The summed E-state index contributed by atoms with van der Waals surface area (Å²) in [6.45, 7) is 3.39. The van der Waals surface area contributed by atoms with E-state index in [1.54, 1.807) is 24.5 Å². The van der Waals surface area contributed by atoms with Gasteiger partial charge in [-0.3, -0.25) is 20.0 Å². The number of thiazole rings is 1. The highest BCUT2D eigenvalue weighted by atomic mass is 32.1. The average molecular weight is 398 g/mol. The Morgan fingerprint density at radius 3 is 2.93 bits per heavy atom. The number of hydrogen-bond donors (Lipinski definition) is 1. The van der Waals surface area contributed by atoms with Crippen LogP contribution in [0.5, 0.6) is 0 Å². The minimum absolute atomic E-state index is 0.00158. The van der Waals surface area contributed by atoms with E-state index in [9.17, 15) is 9.18 Å². The van der Waals surface area contributed by atoms with Crippen LogP contribution in [0.15, 0.2) is 36.8 Å². The molecule has 144 valence electrons. The van der Waals surface area contributed by atoms with Crippen molar-refractivity contribution >= 4 is 22.4 Å². The standard InChI is InChI=1S/C19H19FN6OS/c1-12-9-23-19(28-12)25-18(27)15-6-7-21-17(24-15)16-3-2-8-26(16)11-14-5-4-13(20)10-22-14/h4-7,9-10,16H,2-3,8,11H2,1H3,(H,23,25,27). The van der Waals surface area contributed by atoms with Crippen LogP contribution in [0.2, 0.25) is 0 Å². The Labute approximate surface area is 165 Å². The number of nitrogens with zero attached hydrogens (tertiary/aromatic N) is 5. The third kappa shape index (κ3) is 4.20. The smallest absolute Gasteiger partial charge is 0.276 e. The molecule has 3 aromatic heterocycles. The molecule has 3 aromatic rings. The second-order valence-corrected chi connectivity index (χ2v) is 7.86. The molecule has 1 aliphatic heterocycles. The molecule has 1 unspecified atom stereocenters. The number of anilines is 1. The normalized spacial score (nSPS) is 17.0. The summed E-state index contributed by atoms with van der Waals surface area (Å²) in [6.07, 6.45) is 6.45. The highest BCUT2D eigenvalue weighted by Crippen LogP contribution is 2.31. The van der Waals surface area contributed by atoms with Crippen LogP contribution in [-0.4, -0.2) is 37.3 Å². The number of rotatable bonds is 5. The van der Waals surface area contributed by atoms with Crippen molar-refractivity contribution in [2.45, 2.75) is 32.4 Å². The number of aromatic nitrogens is 4. The number of aryl methyl sites for hydroxylation is 1. The van der Waals surface area contributed by atoms with Gasteiger partial charge >= 0.3 is 0 Å². The predicted octanol–water partition coefficient (Wildman–Crippen LogP) is 3.37. The molecule has 0 aliphatic carbocycles. The Bertz CT molecular complexity index is 977. The van der Waals surface area contributed by atoms with E-state index in [1.807, 2.05) is 6.92 Å². The highest BCUT2D eigenvalue weighted by Gasteiger charge is 2.29. The van der Waals surface area contributed by atoms with E-state index in [-0.39, 0.29) is 17.8 Å². The summed E-state index contributed by atoms with van der Waals surface area (Å²) in [4.78, 5) is 32.9. The Morgan fingerprint density at radius 2 is 2.18 bits per heavy atom. The molecule has 1 N–H and O–H groups in total. The summed E-state index contributed by atoms with van der Waals surface area (Å²) < 4.78 is 13.1. The van der Waals surface area contributed by atoms with Crippen molar-refractivity contribution in [1.82, 2.24) is 24.8 Å². The molecule has 28 heavy (non-hydrogen) atoms. The number of hydrogen-bond acceptors (Lipinski definition) is 7. The first-order chi connectivity index (χ1) is 13.6. The molecule has 1 atom stereocenters. The number of halogens is 1. The molecule has 7 nitrogen and oxygen atoms in total. The molecule has 0 spiro atoms. The van der Waals surface area contributed by atoms with Crippen molar-refractivity contribution in [1.29, 1.82) is 0 Å². The summed E-state index contributed by atoms with van der Waals surface area (Å²) in [6, 6.07) is 4.70. The third-order valence-electron chi connectivity index (χ3n) is 4.56. The van der Waals surface area contributed by atoms with E-state index in [1.165, 1.54) is 23.6 Å². The first-order valence-electron chi connectivity index (χ1n) is 9.00. The lowest BCUT2D eigenvalue weighted by molar-refractivity contribution is 0.102. The van der Waals surface area contributed by atoms with Gasteiger partial charge < -0.3 is 0 Å². The van der Waals surface area contributed by atoms with Gasteiger partial charge in [0.1, 0.15) is 17.3 Å². The zero-order valence-corrected chi connectivity index (χ0v) is 16.1. The summed E-state index contributed by atoms with van der Waals surface area (Å²) >= 11 is 1.41. The fraction of sp³-hybridized carbons (Fsp3) is 0.316.